The van der Waals surface area contributed by atoms with Crippen molar-refractivity contribution in [3.8, 4) is 0 Å². The summed E-state index contributed by atoms with van der Waals surface area (Å²) < 4.78 is 5.31. The first kappa shape index (κ1) is 12.7. The summed E-state index contributed by atoms with van der Waals surface area (Å²) in [5.74, 6) is -0.881. The van der Waals surface area contributed by atoms with Crippen molar-refractivity contribution in [1.82, 2.24) is 5.32 Å². The van der Waals surface area contributed by atoms with E-state index >= 15 is 0 Å². The van der Waals surface area contributed by atoms with Crippen LogP contribution in [0.4, 0.5) is 0 Å². The Morgan fingerprint density at radius 2 is 2.08 bits per heavy atom. The standard InChI is InChI=1S/C8H15NO3.ClH/c1-6(8(10)11)12-7-2-4-9-5-3-7;/h6-7,9H,2-5H2,1H3,(H,10,11);1H. The van der Waals surface area contributed by atoms with Crippen molar-refractivity contribution in [1.29, 1.82) is 0 Å². The third-order valence-corrected chi connectivity index (χ3v) is 2.03. The van der Waals surface area contributed by atoms with Gasteiger partial charge in [0.05, 0.1) is 6.10 Å². The van der Waals surface area contributed by atoms with Crippen LogP contribution in [0, 0.1) is 0 Å². The van der Waals surface area contributed by atoms with Crippen molar-refractivity contribution in [2.24, 2.45) is 0 Å². The van der Waals surface area contributed by atoms with Gasteiger partial charge in [-0.15, -0.1) is 12.4 Å². The predicted molar refractivity (Wildman–Crippen MR) is 51.3 cm³/mol. The third-order valence-electron chi connectivity index (χ3n) is 2.03. The molecule has 5 heteroatoms. The molecule has 1 aliphatic rings. The average Bonchev–Trinajstić information content (AvgIpc) is 2.06. The summed E-state index contributed by atoms with van der Waals surface area (Å²) in [6, 6.07) is 0. The smallest absolute Gasteiger partial charge is 0.332 e. The zero-order valence-electron chi connectivity index (χ0n) is 7.66. The van der Waals surface area contributed by atoms with E-state index in [2.05, 4.69) is 5.32 Å². The van der Waals surface area contributed by atoms with E-state index in [-0.39, 0.29) is 18.5 Å². The molecule has 1 rings (SSSR count). The molecule has 2 N–H and O–H groups in total. The first-order chi connectivity index (χ1) is 5.70. The number of halogens is 1. The van der Waals surface area contributed by atoms with Crippen LogP contribution in [0.25, 0.3) is 0 Å². The largest absolute Gasteiger partial charge is 0.479 e. The number of carboxylic acids is 1. The summed E-state index contributed by atoms with van der Waals surface area (Å²) in [4.78, 5) is 10.4. The highest BCUT2D eigenvalue weighted by Crippen LogP contribution is 2.09. The van der Waals surface area contributed by atoms with E-state index in [4.69, 9.17) is 9.84 Å². The van der Waals surface area contributed by atoms with E-state index in [0.29, 0.717) is 0 Å². The first-order valence-corrected chi connectivity index (χ1v) is 4.29. The molecule has 1 atom stereocenters. The summed E-state index contributed by atoms with van der Waals surface area (Å²) in [6.07, 6.45) is 1.28. The summed E-state index contributed by atoms with van der Waals surface area (Å²) in [5.41, 5.74) is 0. The van der Waals surface area contributed by atoms with Crippen molar-refractivity contribution in [2.45, 2.75) is 32.0 Å². The average molecular weight is 210 g/mol. The number of aliphatic carboxylic acids is 1. The van der Waals surface area contributed by atoms with Gasteiger partial charge < -0.3 is 15.2 Å². The molecule has 1 aliphatic heterocycles. The molecule has 1 saturated heterocycles. The molecule has 0 saturated carbocycles. The Morgan fingerprint density at radius 1 is 1.54 bits per heavy atom. The number of ether oxygens (including phenoxy) is 1. The minimum Gasteiger partial charge on any atom is -0.479 e. The lowest BCUT2D eigenvalue weighted by Crippen LogP contribution is -2.36. The molecule has 13 heavy (non-hydrogen) atoms. The van der Waals surface area contributed by atoms with Gasteiger partial charge in [-0.25, -0.2) is 4.79 Å². The molecule has 1 heterocycles. The number of nitrogens with one attached hydrogen (secondary N) is 1. The predicted octanol–water partition coefficient (Wildman–Crippen LogP) is 0.650. The lowest BCUT2D eigenvalue weighted by molar-refractivity contribution is -0.153. The van der Waals surface area contributed by atoms with E-state index < -0.39 is 12.1 Å². The molecule has 4 nitrogen and oxygen atoms in total. The molecule has 0 aromatic rings. The van der Waals surface area contributed by atoms with E-state index in [9.17, 15) is 4.79 Å². The first-order valence-electron chi connectivity index (χ1n) is 4.29. The van der Waals surface area contributed by atoms with Crippen molar-refractivity contribution < 1.29 is 14.6 Å². The SMILES string of the molecule is CC(OC1CCNCC1)C(=O)O.Cl. The topological polar surface area (TPSA) is 58.6 Å². The van der Waals surface area contributed by atoms with Gasteiger partial charge in [0, 0.05) is 0 Å². The Kier molecular flexibility index (Phi) is 6.03. The fourth-order valence-corrected chi connectivity index (χ4v) is 1.28. The molecule has 0 aliphatic carbocycles. The maximum Gasteiger partial charge on any atom is 0.332 e. The number of carbonyl (C=O) groups is 1. The van der Waals surface area contributed by atoms with Crippen molar-refractivity contribution >= 4 is 18.4 Å². The molecule has 0 aromatic heterocycles. The highest BCUT2D eigenvalue weighted by molar-refractivity contribution is 5.85. The van der Waals surface area contributed by atoms with E-state index in [1.807, 2.05) is 0 Å². The number of hydrogen-bond donors (Lipinski definition) is 2. The lowest BCUT2D eigenvalue weighted by atomic mass is 10.1. The minimum atomic E-state index is -0.881. The quantitative estimate of drug-likeness (QED) is 0.717. The fourth-order valence-electron chi connectivity index (χ4n) is 1.28. The molecule has 1 unspecified atom stereocenters. The molecule has 0 spiro atoms. The van der Waals surface area contributed by atoms with Crippen molar-refractivity contribution in [2.75, 3.05) is 13.1 Å². The van der Waals surface area contributed by atoms with E-state index in [1.165, 1.54) is 0 Å². The molecular weight excluding hydrogens is 194 g/mol. The highest BCUT2D eigenvalue weighted by Gasteiger charge is 2.19. The maximum absolute atomic E-state index is 10.4. The van der Waals surface area contributed by atoms with Gasteiger partial charge in [-0.1, -0.05) is 0 Å². The van der Waals surface area contributed by atoms with Crippen LogP contribution < -0.4 is 5.32 Å². The Balaban J connectivity index is 0.00000144. The number of carboxylic acid groups (broad SMARTS) is 1. The van der Waals surface area contributed by atoms with Crippen molar-refractivity contribution in [3.63, 3.8) is 0 Å². The maximum atomic E-state index is 10.4. The summed E-state index contributed by atoms with van der Waals surface area (Å²) in [6.45, 7) is 3.43. The van der Waals surface area contributed by atoms with Gasteiger partial charge in [-0.3, -0.25) is 0 Å². The fraction of sp³-hybridized carbons (Fsp3) is 0.875. The van der Waals surface area contributed by atoms with Gasteiger partial charge in [-0.2, -0.15) is 0 Å². The Hall–Kier alpha value is -0.320. The lowest BCUT2D eigenvalue weighted by Gasteiger charge is -2.24. The van der Waals surface area contributed by atoms with Gasteiger partial charge >= 0.3 is 5.97 Å². The number of piperidine rings is 1. The Bertz CT molecular complexity index is 159. The second-order valence-corrected chi connectivity index (χ2v) is 3.07. The Labute approximate surface area is 84.1 Å². The molecule has 0 amide bonds. The van der Waals surface area contributed by atoms with Gasteiger partial charge in [0.25, 0.3) is 0 Å². The molecule has 0 bridgehead atoms. The van der Waals surface area contributed by atoms with Gasteiger partial charge in [-0.05, 0) is 32.9 Å². The van der Waals surface area contributed by atoms with Crippen LogP contribution in [0.5, 0.6) is 0 Å². The summed E-state index contributed by atoms with van der Waals surface area (Å²) in [5, 5.41) is 11.8. The Morgan fingerprint density at radius 3 is 2.54 bits per heavy atom. The van der Waals surface area contributed by atoms with Crippen LogP contribution in [-0.2, 0) is 9.53 Å². The van der Waals surface area contributed by atoms with Gasteiger partial charge in [0.15, 0.2) is 6.10 Å². The summed E-state index contributed by atoms with van der Waals surface area (Å²) >= 11 is 0. The highest BCUT2D eigenvalue weighted by atomic mass is 35.5. The zero-order valence-corrected chi connectivity index (χ0v) is 8.47. The van der Waals surface area contributed by atoms with Crippen LogP contribution in [0.1, 0.15) is 19.8 Å². The van der Waals surface area contributed by atoms with Crippen LogP contribution >= 0.6 is 12.4 Å². The normalized spacial score (nSPS) is 20.4. The van der Waals surface area contributed by atoms with Gasteiger partial charge in [0.1, 0.15) is 0 Å². The monoisotopic (exact) mass is 209 g/mol. The zero-order chi connectivity index (χ0) is 8.97. The van der Waals surface area contributed by atoms with Crippen LogP contribution in [0.3, 0.4) is 0 Å². The molecular formula is C8H16ClNO3. The number of hydrogen-bond acceptors (Lipinski definition) is 3. The van der Waals surface area contributed by atoms with E-state index in [0.717, 1.165) is 25.9 Å². The van der Waals surface area contributed by atoms with Crippen LogP contribution in [-0.4, -0.2) is 36.4 Å². The van der Waals surface area contributed by atoms with E-state index in [1.54, 1.807) is 6.92 Å². The molecule has 78 valence electrons. The van der Waals surface area contributed by atoms with Gasteiger partial charge in [0.2, 0.25) is 0 Å². The molecule has 0 aromatic carbocycles. The number of rotatable bonds is 3. The van der Waals surface area contributed by atoms with Crippen LogP contribution in [0.2, 0.25) is 0 Å². The van der Waals surface area contributed by atoms with Crippen molar-refractivity contribution in [3.05, 3.63) is 0 Å². The third kappa shape index (κ3) is 4.45. The second kappa shape index (κ2) is 6.18. The minimum absolute atomic E-state index is 0. The van der Waals surface area contributed by atoms with Crippen LogP contribution in [0.15, 0.2) is 0 Å². The molecule has 1 fully saturated rings. The second-order valence-electron chi connectivity index (χ2n) is 3.07. The summed E-state index contributed by atoms with van der Waals surface area (Å²) in [7, 11) is 0. The molecule has 0 radical (unpaired) electrons.